The summed E-state index contributed by atoms with van der Waals surface area (Å²) in [7, 11) is 0. The fourth-order valence-electron chi connectivity index (χ4n) is 1.43. The summed E-state index contributed by atoms with van der Waals surface area (Å²) in [6.07, 6.45) is 4.40. The molecule has 2 N–H and O–H groups in total. The quantitative estimate of drug-likeness (QED) is 0.733. The number of nitrogens with zero attached hydrogens (tertiary/aromatic N) is 2. The lowest BCUT2D eigenvalue weighted by Gasteiger charge is -2.05. The molecule has 1 aromatic rings. The standard InChI is InChI=1S/C12H18N4O/c1-2-3-8-13-11-7-6-10(15-16-11)12(17)14-9-4-5-9/h6-7,9H,2-5,8H2,1H3,(H,13,16)(H,14,17). The first kappa shape index (κ1) is 11.8. The van der Waals surface area contributed by atoms with Crippen molar-refractivity contribution in [1.82, 2.24) is 15.5 Å². The van der Waals surface area contributed by atoms with Crippen molar-refractivity contribution < 1.29 is 4.79 Å². The van der Waals surface area contributed by atoms with Gasteiger partial charge >= 0.3 is 0 Å². The molecule has 0 saturated heterocycles. The zero-order chi connectivity index (χ0) is 12.1. The smallest absolute Gasteiger partial charge is 0.272 e. The number of amides is 1. The molecular weight excluding hydrogens is 216 g/mol. The average molecular weight is 234 g/mol. The third-order valence-corrected chi connectivity index (χ3v) is 2.65. The van der Waals surface area contributed by atoms with Gasteiger partial charge in [0, 0.05) is 12.6 Å². The molecule has 1 aliphatic rings. The van der Waals surface area contributed by atoms with Crippen molar-refractivity contribution >= 4 is 11.7 Å². The van der Waals surface area contributed by atoms with Crippen molar-refractivity contribution in [1.29, 1.82) is 0 Å². The van der Waals surface area contributed by atoms with E-state index in [9.17, 15) is 4.79 Å². The second-order valence-corrected chi connectivity index (χ2v) is 4.33. The maximum atomic E-state index is 11.6. The highest BCUT2D eigenvalue weighted by atomic mass is 16.2. The Hall–Kier alpha value is -1.65. The van der Waals surface area contributed by atoms with Gasteiger partial charge in [0.1, 0.15) is 5.82 Å². The molecule has 92 valence electrons. The highest BCUT2D eigenvalue weighted by molar-refractivity contribution is 5.92. The Kier molecular flexibility index (Phi) is 3.90. The molecule has 1 aromatic heterocycles. The number of anilines is 1. The lowest BCUT2D eigenvalue weighted by atomic mass is 10.3. The van der Waals surface area contributed by atoms with E-state index >= 15 is 0 Å². The number of rotatable bonds is 6. The molecule has 0 unspecified atom stereocenters. The minimum absolute atomic E-state index is 0.125. The normalized spacial score (nSPS) is 14.4. The minimum atomic E-state index is -0.125. The van der Waals surface area contributed by atoms with Gasteiger partial charge in [0.25, 0.3) is 5.91 Å². The molecule has 1 aliphatic carbocycles. The van der Waals surface area contributed by atoms with E-state index in [1.165, 1.54) is 0 Å². The van der Waals surface area contributed by atoms with Gasteiger partial charge in [-0.25, -0.2) is 0 Å². The summed E-state index contributed by atoms with van der Waals surface area (Å²) in [4.78, 5) is 11.6. The monoisotopic (exact) mass is 234 g/mol. The molecule has 1 fully saturated rings. The van der Waals surface area contributed by atoms with Gasteiger partial charge < -0.3 is 10.6 Å². The number of unbranched alkanes of at least 4 members (excludes halogenated alkanes) is 1. The van der Waals surface area contributed by atoms with E-state index in [0.29, 0.717) is 11.7 Å². The van der Waals surface area contributed by atoms with E-state index < -0.39 is 0 Å². The molecular formula is C12H18N4O. The van der Waals surface area contributed by atoms with Crippen molar-refractivity contribution in [2.75, 3.05) is 11.9 Å². The summed E-state index contributed by atoms with van der Waals surface area (Å²) in [6.45, 7) is 3.03. The van der Waals surface area contributed by atoms with E-state index in [4.69, 9.17) is 0 Å². The first-order chi connectivity index (χ1) is 8.29. The molecule has 0 aromatic carbocycles. The Bertz CT molecular complexity index is 373. The molecule has 0 bridgehead atoms. The lowest BCUT2D eigenvalue weighted by Crippen LogP contribution is -2.26. The van der Waals surface area contributed by atoms with Crippen LogP contribution in [-0.2, 0) is 0 Å². The number of carbonyl (C=O) groups excluding carboxylic acids is 1. The molecule has 2 rings (SSSR count). The predicted octanol–water partition coefficient (Wildman–Crippen LogP) is 1.58. The van der Waals surface area contributed by atoms with E-state index in [1.807, 2.05) is 0 Å². The molecule has 5 nitrogen and oxygen atoms in total. The van der Waals surface area contributed by atoms with E-state index in [-0.39, 0.29) is 5.91 Å². The average Bonchev–Trinajstić information content (AvgIpc) is 3.14. The molecule has 0 aliphatic heterocycles. The Morgan fingerprint density at radius 1 is 1.41 bits per heavy atom. The third kappa shape index (κ3) is 3.69. The van der Waals surface area contributed by atoms with Gasteiger partial charge in [0.05, 0.1) is 0 Å². The molecule has 0 atom stereocenters. The number of carbonyl (C=O) groups is 1. The van der Waals surface area contributed by atoms with Crippen molar-refractivity contribution in [3.63, 3.8) is 0 Å². The maximum absolute atomic E-state index is 11.6. The molecule has 1 amide bonds. The lowest BCUT2D eigenvalue weighted by molar-refractivity contribution is 0.0945. The molecule has 17 heavy (non-hydrogen) atoms. The van der Waals surface area contributed by atoms with Crippen LogP contribution in [0.2, 0.25) is 0 Å². The number of nitrogens with one attached hydrogen (secondary N) is 2. The minimum Gasteiger partial charge on any atom is -0.369 e. The van der Waals surface area contributed by atoms with E-state index in [1.54, 1.807) is 12.1 Å². The first-order valence-corrected chi connectivity index (χ1v) is 6.18. The summed E-state index contributed by atoms with van der Waals surface area (Å²) < 4.78 is 0. The van der Waals surface area contributed by atoms with Crippen molar-refractivity contribution in [2.45, 2.75) is 38.6 Å². The third-order valence-electron chi connectivity index (χ3n) is 2.65. The summed E-state index contributed by atoms with van der Waals surface area (Å²) in [5.41, 5.74) is 0.387. The fourth-order valence-corrected chi connectivity index (χ4v) is 1.43. The highest BCUT2D eigenvalue weighted by Gasteiger charge is 2.24. The summed E-state index contributed by atoms with van der Waals surface area (Å²) in [6, 6.07) is 3.86. The highest BCUT2D eigenvalue weighted by Crippen LogP contribution is 2.19. The first-order valence-electron chi connectivity index (χ1n) is 6.18. The Morgan fingerprint density at radius 3 is 2.82 bits per heavy atom. The maximum Gasteiger partial charge on any atom is 0.272 e. The molecule has 0 spiro atoms. The van der Waals surface area contributed by atoms with Gasteiger partial charge in [0.15, 0.2) is 5.69 Å². The van der Waals surface area contributed by atoms with Crippen LogP contribution in [-0.4, -0.2) is 28.7 Å². The number of hydrogen-bond donors (Lipinski definition) is 2. The van der Waals surface area contributed by atoms with Gasteiger partial charge in [-0.05, 0) is 31.4 Å². The molecule has 0 radical (unpaired) electrons. The Balaban J connectivity index is 1.85. The van der Waals surface area contributed by atoms with E-state index in [0.717, 1.165) is 38.0 Å². The second-order valence-electron chi connectivity index (χ2n) is 4.33. The fraction of sp³-hybridized carbons (Fsp3) is 0.583. The van der Waals surface area contributed by atoms with Gasteiger partial charge in [-0.15, -0.1) is 10.2 Å². The molecule has 1 heterocycles. The van der Waals surface area contributed by atoms with E-state index in [2.05, 4.69) is 27.8 Å². The zero-order valence-electron chi connectivity index (χ0n) is 10.1. The topological polar surface area (TPSA) is 66.9 Å². The predicted molar refractivity (Wildman–Crippen MR) is 65.9 cm³/mol. The zero-order valence-corrected chi connectivity index (χ0v) is 10.1. The van der Waals surface area contributed by atoms with Crippen LogP contribution in [0.3, 0.4) is 0 Å². The Morgan fingerprint density at radius 2 is 2.24 bits per heavy atom. The van der Waals surface area contributed by atoms with Crippen LogP contribution >= 0.6 is 0 Å². The van der Waals surface area contributed by atoms with Crippen LogP contribution in [0.4, 0.5) is 5.82 Å². The van der Waals surface area contributed by atoms with Crippen LogP contribution in [0.5, 0.6) is 0 Å². The summed E-state index contributed by atoms with van der Waals surface area (Å²) in [5, 5.41) is 13.9. The van der Waals surface area contributed by atoms with Crippen LogP contribution in [0.1, 0.15) is 43.1 Å². The second kappa shape index (κ2) is 5.61. The molecule has 5 heteroatoms. The van der Waals surface area contributed by atoms with Gasteiger partial charge in [-0.1, -0.05) is 13.3 Å². The number of aromatic nitrogens is 2. The van der Waals surface area contributed by atoms with Crippen molar-refractivity contribution in [3.05, 3.63) is 17.8 Å². The summed E-state index contributed by atoms with van der Waals surface area (Å²) >= 11 is 0. The number of hydrogen-bond acceptors (Lipinski definition) is 4. The largest absolute Gasteiger partial charge is 0.369 e. The van der Waals surface area contributed by atoms with Gasteiger partial charge in [0.2, 0.25) is 0 Å². The molecule has 1 saturated carbocycles. The summed E-state index contributed by atoms with van der Waals surface area (Å²) in [5.74, 6) is 0.599. The Labute approximate surface area is 101 Å². The van der Waals surface area contributed by atoms with Crippen molar-refractivity contribution in [3.8, 4) is 0 Å². The van der Waals surface area contributed by atoms with Crippen LogP contribution < -0.4 is 10.6 Å². The van der Waals surface area contributed by atoms with Crippen LogP contribution in [0.15, 0.2) is 12.1 Å². The van der Waals surface area contributed by atoms with Crippen molar-refractivity contribution in [2.24, 2.45) is 0 Å². The van der Waals surface area contributed by atoms with Gasteiger partial charge in [-0.3, -0.25) is 4.79 Å². The van der Waals surface area contributed by atoms with Gasteiger partial charge in [-0.2, -0.15) is 0 Å². The van der Waals surface area contributed by atoms with Crippen LogP contribution in [0, 0.1) is 0 Å². The SMILES string of the molecule is CCCCNc1ccc(C(=O)NC2CC2)nn1. The van der Waals surface area contributed by atoms with Crippen LogP contribution in [0.25, 0.3) is 0 Å².